The normalized spacial score (nSPS) is 24.4. The van der Waals surface area contributed by atoms with E-state index in [-0.39, 0.29) is 6.61 Å². The van der Waals surface area contributed by atoms with Crippen molar-refractivity contribution >= 4 is 33.4 Å². The van der Waals surface area contributed by atoms with Gasteiger partial charge in [0.15, 0.2) is 0 Å². The van der Waals surface area contributed by atoms with Crippen molar-refractivity contribution in [2.75, 3.05) is 18.6 Å². The maximum atomic E-state index is 9.08. The number of aliphatic hydroxyl groups excluding tert-OH is 1. The molecular formula is C12H16BrNOS. The smallest absolute Gasteiger partial charge is 0.0649 e. The van der Waals surface area contributed by atoms with Gasteiger partial charge in [-0.05, 0) is 41.4 Å². The summed E-state index contributed by atoms with van der Waals surface area (Å²) in [6.45, 7) is 2.48. The molecule has 0 aromatic heterocycles. The summed E-state index contributed by atoms with van der Waals surface area (Å²) < 4.78 is 1.15. The third-order valence-electron chi connectivity index (χ3n) is 3.14. The average Bonchev–Trinajstić information content (AvgIpc) is 2.25. The quantitative estimate of drug-likeness (QED) is 0.908. The molecule has 2 rings (SSSR count). The summed E-state index contributed by atoms with van der Waals surface area (Å²) in [4.78, 5) is 3.60. The van der Waals surface area contributed by atoms with E-state index in [1.165, 1.54) is 10.6 Å². The summed E-state index contributed by atoms with van der Waals surface area (Å²) in [7, 11) is 2.12. The fourth-order valence-corrected chi connectivity index (χ4v) is 4.30. The van der Waals surface area contributed by atoms with Gasteiger partial charge in [0.05, 0.1) is 5.69 Å². The molecule has 0 amide bonds. The Morgan fingerprint density at radius 3 is 2.94 bits per heavy atom. The average molecular weight is 302 g/mol. The molecule has 0 aliphatic carbocycles. The fraction of sp³-hybridized carbons (Fsp3) is 0.500. The number of anilines is 1. The summed E-state index contributed by atoms with van der Waals surface area (Å²) in [5.74, 6) is 0. The number of benzene rings is 1. The van der Waals surface area contributed by atoms with E-state index < -0.39 is 0 Å². The zero-order chi connectivity index (χ0) is 11.7. The van der Waals surface area contributed by atoms with Gasteiger partial charge in [-0.2, -0.15) is 0 Å². The number of fused-ring (bicyclic) bond motifs is 1. The van der Waals surface area contributed by atoms with E-state index in [1.54, 1.807) is 0 Å². The van der Waals surface area contributed by atoms with Gasteiger partial charge < -0.3 is 10.0 Å². The monoisotopic (exact) mass is 301 g/mol. The summed E-state index contributed by atoms with van der Waals surface area (Å²) in [5, 5.41) is 9.55. The van der Waals surface area contributed by atoms with Crippen LogP contribution in [0.1, 0.15) is 13.3 Å². The van der Waals surface area contributed by atoms with E-state index in [4.69, 9.17) is 5.11 Å². The van der Waals surface area contributed by atoms with Crippen LogP contribution in [0.3, 0.4) is 0 Å². The van der Waals surface area contributed by atoms with Crippen LogP contribution in [0.2, 0.25) is 0 Å². The molecule has 0 spiro atoms. The molecule has 1 aliphatic rings. The van der Waals surface area contributed by atoms with Crippen LogP contribution in [0, 0.1) is 0 Å². The SMILES string of the molecule is CC1C(CCO)Sc2cccc(Br)c2N1C. The van der Waals surface area contributed by atoms with Gasteiger partial charge in [0.1, 0.15) is 0 Å². The van der Waals surface area contributed by atoms with E-state index in [0.29, 0.717) is 11.3 Å². The Balaban J connectivity index is 2.36. The number of thioether (sulfide) groups is 1. The largest absolute Gasteiger partial charge is 0.396 e. The molecule has 0 radical (unpaired) electrons. The van der Waals surface area contributed by atoms with E-state index in [2.05, 4.69) is 53.0 Å². The Hall–Kier alpha value is -0.190. The van der Waals surface area contributed by atoms with Gasteiger partial charge in [0.25, 0.3) is 0 Å². The highest BCUT2D eigenvalue weighted by atomic mass is 79.9. The number of hydrogen-bond acceptors (Lipinski definition) is 3. The molecule has 4 heteroatoms. The minimum atomic E-state index is 0.263. The third kappa shape index (κ3) is 2.11. The summed E-state index contributed by atoms with van der Waals surface area (Å²) in [5.41, 5.74) is 1.27. The Kier molecular flexibility index (Phi) is 3.82. The maximum Gasteiger partial charge on any atom is 0.0649 e. The molecule has 1 aromatic carbocycles. The van der Waals surface area contributed by atoms with E-state index in [0.717, 1.165) is 10.9 Å². The first kappa shape index (κ1) is 12.3. The van der Waals surface area contributed by atoms with Crippen molar-refractivity contribution in [1.29, 1.82) is 0 Å². The van der Waals surface area contributed by atoms with Gasteiger partial charge >= 0.3 is 0 Å². The number of aliphatic hydroxyl groups is 1. The van der Waals surface area contributed by atoms with Crippen LogP contribution in [-0.4, -0.2) is 30.1 Å². The number of para-hydroxylation sites is 1. The predicted octanol–water partition coefficient (Wildman–Crippen LogP) is 3.13. The lowest BCUT2D eigenvalue weighted by molar-refractivity contribution is 0.282. The lowest BCUT2D eigenvalue weighted by Gasteiger charge is -2.39. The van der Waals surface area contributed by atoms with Gasteiger partial charge in [-0.3, -0.25) is 0 Å². The highest BCUT2D eigenvalue weighted by Gasteiger charge is 2.30. The third-order valence-corrected chi connectivity index (χ3v) is 5.30. The molecule has 0 bridgehead atoms. The van der Waals surface area contributed by atoms with Crippen molar-refractivity contribution in [2.45, 2.75) is 29.5 Å². The van der Waals surface area contributed by atoms with Gasteiger partial charge in [0, 0.05) is 34.3 Å². The van der Waals surface area contributed by atoms with Crippen LogP contribution < -0.4 is 4.90 Å². The van der Waals surface area contributed by atoms with Crippen LogP contribution in [0.25, 0.3) is 0 Å². The lowest BCUT2D eigenvalue weighted by Crippen LogP contribution is -2.41. The van der Waals surface area contributed by atoms with Crippen molar-refractivity contribution in [1.82, 2.24) is 0 Å². The molecular weight excluding hydrogens is 286 g/mol. The molecule has 0 fully saturated rings. The number of rotatable bonds is 2. The maximum absolute atomic E-state index is 9.08. The van der Waals surface area contributed by atoms with Crippen molar-refractivity contribution in [3.63, 3.8) is 0 Å². The highest BCUT2D eigenvalue weighted by Crippen LogP contribution is 2.45. The molecule has 1 heterocycles. The fourth-order valence-electron chi connectivity index (χ4n) is 2.07. The Morgan fingerprint density at radius 1 is 1.50 bits per heavy atom. The molecule has 1 aliphatic heterocycles. The Morgan fingerprint density at radius 2 is 2.25 bits per heavy atom. The number of halogens is 1. The first-order chi connectivity index (χ1) is 7.65. The van der Waals surface area contributed by atoms with Gasteiger partial charge in [-0.1, -0.05) is 6.07 Å². The van der Waals surface area contributed by atoms with Crippen molar-refractivity contribution in [3.8, 4) is 0 Å². The van der Waals surface area contributed by atoms with Crippen LogP contribution in [0.15, 0.2) is 27.6 Å². The van der Waals surface area contributed by atoms with E-state index >= 15 is 0 Å². The second kappa shape index (κ2) is 4.98. The molecule has 0 saturated carbocycles. The zero-order valence-electron chi connectivity index (χ0n) is 9.48. The molecule has 2 unspecified atom stereocenters. The summed E-state index contributed by atoms with van der Waals surface area (Å²) in [6.07, 6.45) is 0.849. The molecule has 1 aromatic rings. The van der Waals surface area contributed by atoms with Gasteiger partial charge in [-0.15, -0.1) is 11.8 Å². The predicted molar refractivity (Wildman–Crippen MR) is 73.4 cm³/mol. The first-order valence-corrected chi connectivity index (χ1v) is 7.11. The van der Waals surface area contributed by atoms with Crippen LogP contribution >= 0.6 is 27.7 Å². The minimum absolute atomic E-state index is 0.263. The van der Waals surface area contributed by atoms with Crippen LogP contribution in [0.5, 0.6) is 0 Å². The molecule has 0 saturated heterocycles. The van der Waals surface area contributed by atoms with Crippen molar-refractivity contribution in [2.24, 2.45) is 0 Å². The first-order valence-electron chi connectivity index (χ1n) is 5.44. The van der Waals surface area contributed by atoms with Crippen LogP contribution in [0.4, 0.5) is 5.69 Å². The second-order valence-corrected chi connectivity index (χ2v) is 6.24. The summed E-state index contributed by atoms with van der Waals surface area (Å²) in [6, 6.07) is 6.74. The number of hydrogen-bond donors (Lipinski definition) is 1. The van der Waals surface area contributed by atoms with E-state index in [9.17, 15) is 0 Å². The van der Waals surface area contributed by atoms with Gasteiger partial charge in [0.2, 0.25) is 0 Å². The molecule has 2 atom stereocenters. The zero-order valence-corrected chi connectivity index (χ0v) is 11.9. The lowest BCUT2D eigenvalue weighted by atomic mass is 10.1. The summed E-state index contributed by atoms with van der Waals surface area (Å²) >= 11 is 5.48. The highest BCUT2D eigenvalue weighted by molar-refractivity contribution is 9.10. The van der Waals surface area contributed by atoms with E-state index in [1.807, 2.05) is 11.8 Å². The van der Waals surface area contributed by atoms with Gasteiger partial charge in [-0.25, -0.2) is 0 Å². The molecule has 2 nitrogen and oxygen atoms in total. The Labute approximate surface area is 109 Å². The molecule has 16 heavy (non-hydrogen) atoms. The molecule has 1 N–H and O–H groups in total. The standard InChI is InChI=1S/C12H16BrNOS/c1-8-10(6-7-15)16-11-5-3-4-9(13)12(11)14(8)2/h3-5,8,10,15H,6-7H2,1-2H3. The topological polar surface area (TPSA) is 23.5 Å². The van der Waals surface area contributed by atoms with Crippen LogP contribution in [-0.2, 0) is 0 Å². The second-order valence-electron chi connectivity index (χ2n) is 4.11. The number of nitrogens with zero attached hydrogens (tertiary/aromatic N) is 1. The van der Waals surface area contributed by atoms with Crippen molar-refractivity contribution in [3.05, 3.63) is 22.7 Å². The van der Waals surface area contributed by atoms with Crippen molar-refractivity contribution < 1.29 is 5.11 Å². The molecule has 88 valence electrons. The minimum Gasteiger partial charge on any atom is -0.396 e. The Bertz CT molecular complexity index is 385.